The number of para-hydroxylation sites is 1. The average molecular weight is 368 g/mol. The monoisotopic (exact) mass is 368 g/mol. The second-order valence-corrected chi connectivity index (χ2v) is 6.76. The molecule has 6 heteroatoms. The van der Waals surface area contributed by atoms with E-state index in [2.05, 4.69) is 10.6 Å². The van der Waals surface area contributed by atoms with Gasteiger partial charge in [-0.25, -0.2) is 0 Å². The molecule has 3 rings (SSSR count). The van der Waals surface area contributed by atoms with Crippen molar-refractivity contribution in [2.24, 2.45) is 5.41 Å². The van der Waals surface area contributed by atoms with E-state index in [0.717, 1.165) is 19.3 Å². The summed E-state index contributed by atoms with van der Waals surface area (Å²) in [6, 6.07) is 14.1. The molecule has 142 valence electrons. The zero-order valence-electron chi connectivity index (χ0n) is 15.6. The first-order valence-corrected chi connectivity index (χ1v) is 8.93. The number of carbonyl (C=O) groups excluding carboxylic acids is 2. The highest BCUT2D eigenvalue weighted by Gasteiger charge is 2.44. The summed E-state index contributed by atoms with van der Waals surface area (Å²) in [5, 5.41) is 5.79. The van der Waals surface area contributed by atoms with Crippen LogP contribution in [0.1, 0.15) is 29.6 Å². The molecule has 1 aliphatic carbocycles. The van der Waals surface area contributed by atoms with E-state index >= 15 is 0 Å². The average Bonchev–Trinajstić information content (AvgIpc) is 2.64. The molecule has 1 fully saturated rings. The van der Waals surface area contributed by atoms with Crippen molar-refractivity contribution in [1.29, 1.82) is 0 Å². The zero-order chi connectivity index (χ0) is 19.3. The van der Waals surface area contributed by atoms with Crippen molar-refractivity contribution in [3.8, 4) is 5.75 Å². The first-order valence-electron chi connectivity index (χ1n) is 8.93. The number of benzene rings is 2. The molecule has 2 amide bonds. The molecular formula is C21H24N2O4. The number of carbonyl (C=O) groups is 2. The van der Waals surface area contributed by atoms with Gasteiger partial charge in [0.1, 0.15) is 5.75 Å². The largest absolute Gasteiger partial charge is 0.496 e. The smallest absolute Gasteiger partial charge is 0.259 e. The third-order valence-electron chi connectivity index (χ3n) is 4.94. The lowest BCUT2D eigenvalue weighted by molar-refractivity contribution is -0.134. The summed E-state index contributed by atoms with van der Waals surface area (Å²) in [6.07, 6.45) is 2.69. The van der Waals surface area contributed by atoms with Crippen molar-refractivity contribution in [2.45, 2.75) is 19.3 Å². The van der Waals surface area contributed by atoms with E-state index < -0.39 is 5.41 Å². The van der Waals surface area contributed by atoms with Crippen molar-refractivity contribution in [3.63, 3.8) is 0 Å². The maximum absolute atomic E-state index is 12.7. The number of anilines is 2. The molecule has 0 bridgehead atoms. The van der Waals surface area contributed by atoms with E-state index in [0.29, 0.717) is 29.3 Å². The third-order valence-corrected chi connectivity index (χ3v) is 4.94. The van der Waals surface area contributed by atoms with Gasteiger partial charge in [-0.3, -0.25) is 9.59 Å². The lowest BCUT2D eigenvalue weighted by Gasteiger charge is -2.39. The molecule has 2 N–H and O–H groups in total. The number of amides is 2. The number of rotatable bonds is 7. The SMILES string of the molecule is COCC1(C(=O)Nc2cccc(NC(=O)c3ccccc3OC)c2)CCC1. The fourth-order valence-electron chi connectivity index (χ4n) is 3.29. The van der Waals surface area contributed by atoms with Gasteiger partial charge in [0.25, 0.3) is 5.91 Å². The van der Waals surface area contributed by atoms with Crippen LogP contribution in [0.4, 0.5) is 11.4 Å². The minimum atomic E-state index is -0.439. The molecule has 2 aromatic carbocycles. The standard InChI is InChI=1S/C21H24N2O4/c1-26-14-21(11-6-12-21)20(25)23-16-8-5-7-15(13-16)22-19(24)17-9-3-4-10-18(17)27-2/h3-5,7-10,13H,6,11-12,14H2,1-2H3,(H,22,24)(H,23,25). The Hall–Kier alpha value is -2.86. The lowest BCUT2D eigenvalue weighted by atomic mass is 9.68. The summed E-state index contributed by atoms with van der Waals surface area (Å²) >= 11 is 0. The Morgan fingerprint density at radius 3 is 2.33 bits per heavy atom. The molecular weight excluding hydrogens is 344 g/mol. The molecule has 0 spiro atoms. The fraction of sp³-hybridized carbons (Fsp3) is 0.333. The van der Waals surface area contributed by atoms with Gasteiger partial charge in [-0.05, 0) is 43.2 Å². The number of hydrogen-bond acceptors (Lipinski definition) is 4. The first-order chi connectivity index (χ1) is 13.1. The fourth-order valence-corrected chi connectivity index (χ4v) is 3.29. The third kappa shape index (κ3) is 4.11. The number of nitrogens with one attached hydrogen (secondary N) is 2. The van der Waals surface area contributed by atoms with Gasteiger partial charge >= 0.3 is 0 Å². The summed E-state index contributed by atoms with van der Waals surface area (Å²) in [4.78, 5) is 25.2. The summed E-state index contributed by atoms with van der Waals surface area (Å²) in [5.41, 5.74) is 1.24. The van der Waals surface area contributed by atoms with Gasteiger partial charge in [0.2, 0.25) is 5.91 Å². The van der Waals surface area contributed by atoms with E-state index in [1.807, 2.05) is 6.07 Å². The highest BCUT2D eigenvalue weighted by molar-refractivity contribution is 6.06. The highest BCUT2D eigenvalue weighted by Crippen LogP contribution is 2.42. The number of methoxy groups -OCH3 is 2. The Bertz CT molecular complexity index is 830. The lowest BCUT2D eigenvalue weighted by Crippen LogP contribution is -2.45. The molecule has 0 aromatic heterocycles. The molecule has 2 aromatic rings. The van der Waals surface area contributed by atoms with Gasteiger partial charge < -0.3 is 20.1 Å². The number of ether oxygens (including phenoxy) is 2. The molecule has 0 heterocycles. The number of hydrogen-bond donors (Lipinski definition) is 2. The minimum Gasteiger partial charge on any atom is -0.496 e. The van der Waals surface area contributed by atoms with Gasteiger partial charge in [0.05, 0.1) is 24.7 Å². The summed E-state index contributed by atoms with van der Waals surface area (Å²) < 4.78 is 10.5. The Labute approximate surface area is 158 Å². The molecule has 27 heavy (non-hydrogen) atoms. The van der Waals surface area contributed by atoms with Crippen LogP contribution in [-0.2, 0) is 9.53 Å². The maximum atomic E-state index is 12.7. The van der Waals surface area contributed by atoms with Crippen LogP contribution in [0.15, 0.2) is 48.5 Å². The van der Waals surface area contributed by atoms with Crippen LogP contribution in [0.25, 0.3) is 0 Å². The molecule has 0 atom stereocenters. The van der Waals surface area contributed by atoms with Crippen LogP contribution in [-0.4, -0.2) is 32.6 Å². The first kappa shape index (κ1) is 18.9. The maximum Gasteiger partial charge on any atom is 0.259 e. The van der Waals surface area contributed by atoms with E-state index in [1.165, 1.54) is 7.11 Å². The molecule has 0 aliphatic heterocycles. The summed E-state index contributed by atoms with van der Waals surface area (Å²) in [5.74, 6) is 0.195. The predicted molar refractivity (Wildman–Crippen MR) is 104 cm³/mol. The van der Waals surface area contributed by atoms with Crippen molar-refractivity contribution in [3.05, 3.63) is 54.1 Å². The van der Waals surface area contributed by atoms with Gasteiger partial charge in [-0.1, -0.05) is 24.6 Å². The van der Waals surface area contributed by atoms with E-state index in [1.54, 1.807) is 49.6 Å². The Balaban J connectivity index is 1.70. The van der Waals surface area contributed by atoms with Crippen LogP contribution < -0.4 is 15.4 Å². The molecule has 0 unspecified atom stereocenters. The summed E-state index contributed by atoms with van der Waals surface area (Å²) in [6.45, 7) is 0.420. The van der Waals surface area contributed by atoms with Crippen molar-refractivity contribution in [2.75, 3.05) is 31.5 Å². The Morgan fingerprint density at radius 1 is 1.00 bits per heavy atom. The van der Waals surface area contributed by atoms with Crippen LogP contribution in [0.5, 0.6) is 5.75 Å². The topological polar surface area (TPSA) is 76.7 Å². The van der Waals surface area contributed by atoms with Gasteiger partial charge in [-0.15, -0.1) is 0 Å². The molecule has 0 radical (unpaired) electrons. The molecule has 6 nitrogen and oxygen atoms in total. The second-order valence-electron chi connectivity index (χ2n) is 6.76. The molecule has 1 aliphatic rings. The Morgan fingerprint density at radius 2 is 1.70 bits per heavy atom. The van der Waals surface area contributed by atoms with E-state index in [-0.39, 0.29) is 11.8 Å². The van der Waals surface area contributed by atoms with Gasteiger partial charge in [0.15, 0.2) is 0 Å². The summed E-state index contributed by atoms with van der Waals surface area (Å²) in [7, 11) is 3.14. The van der Waals surface area contributed by atoms with Crippen molar-refractivity contribution >= 4 is 23.2 Å². The zero-order valence-corrected chi connectivity index (χ0v) is 15.6. The van der Waals surface area contributed by atoms with Crippen LogP contribution >= 0.6 is 0 Å². The van der Waals surface area contributed by atoms with Crippen LogP contribution in [0.2, 0.25) is 0 Å². The van der Waals surface area contributed by atoms with E-state index in [9.17, 15) is 9.59 Å². The van der Waals surface area contributed by atoms with Gasteiger partial charge in [0, 0.05) is 18.5 Å². The molecule has 0 saturated heterocycles. The van der Waals surface area contributed by atoms with E-state index in [4.69, 9.17) is 9.47 Å². The predicted octanol–water partition coefficient (Wildman–Crippen LogP) is 3.70. The van der Waals surface area contributed by atoms with Gasteiger partial charge in [-0.2, -0.15) is 0 Å². The highest BCUT2D eigenvalue weighted by atomic mass is 16.5. The molecule has 1 saturated carbocycles. The van der Waals surface area contributed by atoms with Crippen molar-refractivity contribution < 1.29 is 19.1 Å². The van der Waals surface area contributed by atoms with Crippen molar-refractivity contribution in [1.82, 2.24) is 0 Å². The normalized spacial score (nSPS) is 14.7. The minimum absolute atomic E-state index is 0.0381. The Kier molecular flexibility index (Phi) is 5.76. The van der Waals surface area contributed by atoms with Crippen LogP contribution in [0, 0.1) is 5.41 Å². The second kappa shape index (κ2) is 8.22. The van der Waals surface area contributed by atoms with Crippen LogP contribution in [0.3, 0.4) is 0 Å². The quantitative estimate of drug-likeness (QED) is 0.781.